The lowest BCUT2D eigenvalue weighted by Crippen LogP contribution is -2.47. The Morgan fingerprint density at radius 1 is 1.12 bits per heavy atom. The van der Waals surface area contributed by atoms with Crippen molar-refractivity contribution in [1.29, 1.82) is 0 Å². The molecular weight excluding hydrogens is 471 g/mol. The Labute approximate surface area is 199 Å². The van der Waals surface area contributed by atoms with E-state index in [1.165, 1.54) is 65.8 Å². The van der Waals surface area contributed by atoms with Gasteiger partial charge in [-0.05, 0) is 49.2 Å². The summed E-state index contributed by atoms with van der Waals surface area (Å²) in [5.41, 5.74) is -0.0525. The van der Waals surface area contributed by atoms with Gasteiger partial charge in [0, 0.05) is 38.3 Å². The van der Waals surface area contributed by atoms with Crippen molar-refractivity contribution in [2.75, 3.05) is 33.9 Å². The monoisotopic (exact) mass is 500 g/mol. The van der Waals surface area contributed by atoms with Crippen LogP contribution in [0.25, 0.3) is 0 Å². The van der Waals surface area contributed by atoms with Gasteiger partial charge in [-0.15, -0.1) is 0 Å². The first-order valence-corrected chi connectivity index (χ1v) is 12.3. The van der Waals surface area contributed by atoms with Gasteiger partial charge in [0.2, 0.25) is 10.0 Å². The van der Waals surface area contributed by atoms with E-state index in [2.05, 4.69) is 0 Å². The van der Waals surface area contributed by atoms with Crippen LogP contribution in [0, 0.1) is 11.7 Å². The predicted molar refractivity (Wildman–Crippen MR) is 125 cm³/mol. The van der Waals surface area contributed by atoms with Crippen molar-refractivity contribution >= 4 is 27.5 Å². The molecule has 33 heavy (non-hydrogen) atoms. The van der Waals surface area contributed by atoms with Crippen LogP contribution < -0.4 is 0 Å². The standard InChI is InChI=1S/C23H30ClFN2O5S/c1-16(22(32-4)14-26(3)23(29)20-7-5-6-8-21(20)25)13-27(17(2)15-28)33(30,31)19-11-9-18(24)10-12-19/h5-12,16-17,22,28H,13-15H2,1-4H3/t16-,17-,22-/m0/s1. The van der Waals surface area contributed by atoms with E-state index in [4.69, 9.17) is 16.3 Å². The normalized spacial score (nSPS) is 14.7. The summed E-state index contributed by atoms with van der Waals surface area (Å²) < 4.78 is 47.3. The zero-order chi connectivity index (χ0) is 24.8. The van der Waals surface area contributed by atoms with Crippen LogP contribution >= 0.6 is 11.6 Å². The Hall–Kier alpha value is -2.04. The molecule has 2 rings (SSSR count). The van der Waals surface area contributed by atoms with E-state index in [-0.39, 0.29) is 36.1 Å². The van der Waals surface area contributed by atoms with Gasteiger partial charge in [0.15, 0.2) is 0 Å². The number of benzene rings is 2. The van der Waals surface area contributed by atoms with E-state index in [1.54, 1.807) is 19.9 Å². The lowest BCUT2D eigenvalue weighted by Gasteiger charge is -2.33. The molecular formula is C23H30ClFN2O5S. The van der Waals surface area contributed by atoms with Gasteiger partial charge in [0.1, 0.15) is 5.82 Å². The molecule has 0 saturated heterocycles. The molecule has 0 spiro atoms. The number of methoxy groups -OCH3 is 1. The SMILES string of the molecule is CO[C@@H](CN(C)C(=O)c1ccccc1F)[C@@H](C)CN([C@@H](C)CO)S(=O)(=O)c1ccc(Cl)cc1. The third kappa shape index (κ3) is 6.74. The molecule has 0 aliphatic heterocycles. The third-order valence-corrected chi connectivity index (χ3v) is 7.73. The highest BCUT2D eigenvalue weighted by Gasteiger charge is 2.33. The molecule has 1 amide bonds. The molecule has 2 aromatic rings. The minimum absolute atomic E-state index is 0.0346. The Morgan fingerprint density at radius 3 is 2.27 bits per heavy atom. The zero-order valence-electron chi connectivity index (χ0n) is 19.1. The number of likely N-dealkylation sites (N-methyl/N-ethyl adjacent to an activating group) is 1. The summed E-state index contributed by atoms with van der Waals surface area (Å²) in [4.78, 5) is 14.1. The Bertz CT molecular complexity index is 1040. The average molecular weight is 501 g/mol. The second-order valence-corrected chi connectivity index (χ2v) is 10.3. The van der Waals surface area contributed by atoms with Crippen LogP contribution in [-0.2, 0) is 14.8 Å². The number of nitrogens with zero attached hydrogens (tertiary/aromatic N) is 2. The molecule has 0 radical (unpaired) electrons. The molecule has 1 N–H and O–H groups in total. The summed E-state index contributed by atoms with van der Waals surface area (Å²) >= 11 is 5.88. The van der Waals surface area contributed by atoms with Gasteiger partial charge in [-0.3, -0.25) is 4.79 Å². The number of halogens is 2. The number of sulfonamides is 1. The number of carbonyl (C=O) groups excluding carboxylic acids is 1. The van der Waals surface area contributed by atoms with Crippen LogP contribution in [-0.4, -0.2) is 74.6 Å². The Morgan fingerprint density at radius 2 is 1.73 bits per heavy atom. The third-order valence-electron chi connectivity index (χ3n) is 5.49. The number of amides is 1. The average Bonchev–Trinajstić information content (AvgIpc) is 2.80. The second-order valence-electron chi connectivity index (χ2n) is 7.98. The van der Waals surface area contributed by atoms with Crippen LogP contribution in [0.5, 0.6) is 0 Å². The van der Waals surface area contributed by atoms with Crippen molar-refractivity contribution in [2.45, 2.75) is 30.9 Å². The summed E-state index contributed by atoms with van der Waals surface area (Å²) in [6.07, 6.45) is -0.542. The quantitative estimate of drug-likeness (QED) is 0.511. The van der Waals surface area contributed by atoms with Crippen molar-refractivity contribution < 1.29 is 27.4 Å². The van der Waals surface area contributed by atoms with E-state index in [0.717, 1.165) is 0 Å². The van der Waals surface area contributed by atoms with E-state index < -0.39 is 33.9 Å². The molecule has 2 aromatic carbocycles. The van der Waals surface area contributed by atoms with Gasteiger partial charge < -0.3 is 14.7 Å². The van der Waals surface area contributed by atoms with Crippen LogP contribution in [0.3, 0.4) is 0 Å². The molecule has 7 nitrogen and oxygen atoms in total. The molecule has 0 bridgehead atoms. The van der Waals surface area contributed by atoms with E-state index >= 15 is 0 Å². The van der Waals surface area contributed by atoms with Gasteiger partial charge >= 0.3 is 0 Å². The highest BCUT2D eigenvalue weighted by atomic mass is 35.5. The van der Waals surface area contributed by atoms with Gasteiger partial charge in [-0.2, -0.15) is 4.31 Å². The summed E-state index contributed by atoms with van der Waals surface area (Å²) in [6.45, 7) is 3.18. The molecule has 0 aliphatic rings. The van der Waals surface area contributed by atoms with Crippen molar-refractivity contribution in [3.63, 3.8) is 0 Å². The summed E-state index contributed by atoms with van der Waals surface area (Å²) in [5.74, 6) is -1.48. The number of aliphatic hydroxyl groups is 1. The van der Waals surface area contributed by atoms with E-state index in [0.29, 0.717) is 5.02 Å². The Kier molecular flexibility index (Phi) is 9.81. The fourth-order valence-electron chi connectivity index (χ4n) is 3.43. The fourth-order valence-corrected chi connectivity index (χ4v) is 5.28. The highest BCUT2D eigenvalue weighted by Crippen LogP contribution is 2.23. The lowest BCUT2D eigenvalue weighted by molar-refractivity contribution is 0.0220. The van der Waals surface area contributed by atoms with E-state index in [1.807, 2.05) is 0 Å². The molecule has 182 valence electrons. The van der Waals surface area contributed by atoms with E-state index in [9.17, 15) is 22.7 Å². The van der Waals surface area contributed by atoms with Crippen LogP contribution in [0.2, 0.25) is 5.02 Å². The maximum Gasteiger partial charge on any atom is 0.256 e. The molecule has 0 fully saturated rings. The molecule has 0 heterocycles. The maximum atomic E-state index is 14.0. The number of carbonyl (C=O) groups is 1. The molecule has 0 aliphatic carbocycles. The first-order chi connectivity index (χ1) is 15.5. The van der Waals surface area contributed by atoms with Gasteiger partial charge in [-0.1, -0.05) is 30.7 Å². The van der Waals surface area contributed by atoms with Gasteiger partial charge in [0.05, 0.1) is 23.2 Å². The minimum atomic E-state index is -3.93. The molecule has 3 atom stereocenters. The molecule has 0 aromatic heterocycles. The van der Waals surface area contributed by atoms with Crippen LogP contribution in [0.15, 0.2) is 53.4 Å². The van der Waals surface area contributed by atoms with Crippen molar-refractivity contribution in [3.8, 4) is 0 Å². The first kappa shape index (κ1) is 27.2. The first-order valence-electron chi connectivity index (χ1n) is 10.4. The zero-order valence-corrected chi connectivity index (χ0v) is 20.7. The fraction of sp³-hybridized carbons (Fsp3) is 0.435. The molecule has 0 saturated carbocycles. The topological polar surface area (TPSA) is 87.2 Å². The summed E-state index contributed by atoms with van der Waals surface area (Å²) in [7, 11) is -0.928. The number of rotatable bonds is 11. The Balaban J connectivity index is 2.21. The van der Waals surface area contributed by atoms with Crippen LogP contribution in [0.4, 0.5) is 4.39 Å². The van der Waals surface area contributed by atoms with Crippen LogP contribution in [0.1, 0.15) is 24.2 Å². The minimum Gasteiger partial charge on any atom is -0.395 e. The number of hydrogen-bond acceptors (Lipinski definition) is 5. The largest absolute Gasteiger partial charge is 0.395 e. The number of aliphatic hydroxyl groups excluding tert-OH is 1. The van der Waals surface area contributed by atoms with Crippen molar-refractivity contribution in [1.82, 2.24) is 9.21 Å². The number of hydrogen-bond donors (Lipinski definition) is 1. The van der Waals surface area contributed by atoms with Gasteiger partial charge in [-0.25, -0.2) is 12.8 Å². The summed E-state index contributed by atoms with van der Waals surface area (Å²) in [6, 6.07) is 10.8. The van der Waals surface area contributed by atoms with Gasteiger partial charge in [0.25, 0.3) is 5.91 Å². The maximum absolute atomic E-state index is 14.0. The second kappa shape index (κ2) is 11.9. The van der Waals surface area contributed by atoms with Crippen molar-refractivity contribution in [2.24, 2.45) is 5.92 Å². The smallest absolute Gasteiger partial charge is 0.256 e. The number of ether oxygens (including phenoxy) is 1. The molecule has 0 unspecified atom stereocenters. The highest BCUT2D eigenvalue weighted by molar-refractivity contribution is 7.89. The summed E-state index contributed by atoms with van der Waals surface area (Å²) in [5, 5.41) is 10.1. The van der Waals surface area contributed by atoms with Crippen molar-refractivity contribution in [3.05, 3.63) is 64.9 Å². The molecule has 10 heteroatoms. The predicted octanol–water partition coefficient (Wildman–Crippen LogP) is 3.27. The lowest BCUT2D eigenvalue weighted by atomic mass is 10.0.